The Balaban J connectivity index is 1.87. The number of nitrogens with one attached hydrogen (secondary N) is 1. The van der Waals surface area contributed by atoms with Crippen LogP contribution in [0.4, 0.5) is 0 Å². The zero-order valence-electron chi connectivity index (χ0n) is 12.6. The second-order valence-electron chi connectivity index (χ2n) is 5.31. The molecule has 1 aliphatic heterocycles. The zero-order valence-corrected chi connectivity index (χ0v) is 13.4. The van der Waals surface area contributed by atoms with Crippen LogP contribution in [0.2, 0.25) is 0 Å². The Bertz CT molecular complexity index is 537. The SMILES string of the molecule is CN(C)S(=O)(=O)NCc1ccc(CN2CCOCC2)cc1. The monoisotopic (exact) mass is 313 g/mol. The van der Waals surface area contributed by atoms with E-state index >= 15 is 0 Å². The van der Waals surface area contributed by atoms with Crippen molar-refractivity contribution in [3.8, 4) is 0 Å². The van der Waals surface area contributed by atoms with Gasteiger partial charge in [0.25, 0.3) is 10.2 Å². The number of morpholine rings is 1. The quantitative estimate of drug-likeness (QED) is 0.826. The Morgan fingerprint density at radius 1 is 1.14 bits per heavy atom. The standard InChI is InChI=1S/C14H23N3O3S/c1-16(2)21(18,19)15-11-13-3-5-14(6-4-13)12-17-7-9-20-10-8-17/h3-6,15H,7-12H2,1-2H3. The fourth-order valence-corrected chi connectivity index (χ4v) is 2.69. The Morgan fingerprint density at radius 3 is 2.29 bits per heavy atom. The fourth-order valence-electron chi connectivity index (χ4n) is 2.08. The van der Waals surface area contributed by atoms with Crippen molar-refractivity contribution in [2.45, 2.75) is 13.1 Å². The van der Waals surface area contributed by atoms with Crippen LogP contribution in [0.1, 0.15) is 11.1 Å². The summed E-state index contributed by atoms with van der Waals surface area (Å²) in [7, 11) is -0.353. The lowest BCUT2D eigenvalue weighted by atomic mass is 10.1. The van der Waals surface area contributed by atoms with Crippen molar-refractivity contribution in [1.82, 2.24) is 13.9 Å². The third kappa shape index (κ3) is 5.05. The summed E-state index contributed by atoms with van der Waals surface area (Å²) in [5.74, 6) is 0. The molecule has 2 rings (SSSR count). The first-order chi connectivity index (χ1) is 9.97. The average Bonchev–Trinajstić information content (AvgIpc) is 2.47. The number of ether oxygens (including phenoxy) is 1. The van der Waals surface area contributed by atoms with Gasteiger partial charge in [-0.2, -0.15) is 17.4 Å². The molecule has 1 heterocycles. The molecule has 1 fully saturated rings. The molecule has 0 atom stereocenters. The minimum atomic E-state index is -3.37. The predicted molar refractivity (Wildman–Crippen MR) is 82.0 cm³/mol. The van der Waals surface area contributed by atoms with Crippen LogP contribution < -0.4 is 4.72 Å². The predicted octanol–water partition coefficient (Wildman–Crippen LogP) is 0.415. The minimum absolute atomic E-state index is 0.304. The summed E-state index contributed by atoms with van der Waals surface area (Å²) in [6, 6.07) is 8.03. The van der Waals surface area contributed by atoms with E-state index in [0.717, 1.165) is 38.4 Å². The molecule has 0 spiro atoms. The van der Waals surface area contributed by atoms with E-state index in [1.807, 2.05) is 12.1 Å². The van der Waals surface area contributed by atoms with Gasteiger partial charge in [0.05, 0.1) is 13.2 Å². The summed E-state index contributed by atoms with van der Waals surface area (Å²) in [4.78, 5) is 2.35. The smallest absolute Gasteiger partial charge is 0.279 e. The first-order valence-electron chi connectivity index (χ1n) is 7.02. The molecule has 0 bridgehead atoms. The van der Waals surface area contributed by atoms with Crippen LogP contribution in [0.3, 0.4) is 0 Å². The lowest BCUT2D eigenvalue weighted by molar-refractivity contribution is 0.0342. The van der Waals surface area contributed by atoms with E-state index in [0.29, 0.717) is 6.54 Å². The number of benzene rings is 1. The summed E-state index contributed by atoms with van der Waals surface area (Å²) < 4.78 is 32.3. The lowest BCUT2D eigenvalue weighted by Gasteiger charge is -2.26. The third-order valence-corrected chi connectivity index (χ3v) is 4.94. The van der Waals surface area contributed by atoms with E-state index in [1.165, 1.54) is 24.0 Å². The first kappa shape index (κ1) is 16.4. The largest absolute Gasteiger partial charge is 0.379 e. The van der Waals surface area contributed by atoms with Crippen molar-refractivity contribution < 1.29 is 13.2 Å². The second-order valence-corrected chi connectivity index (χ2v) is 7.28. The zero-order chi connectivity index (χ0) is 15.3. The maximum atomic E-state index is 11.6. The van der Waals surface area contributed by atoms with E-state index in [4.69, 9.17) is 4.74 Å². The molecular formula is C14H23N3O3S. The number of hydrogen-bond donors (Lipinski definition) is 1. The van der Waals surface area contributed by atoms with Gasteiger partial charge in [0.15, 0.2) is 0 Å². The van der Waals surface area contributed by atoms with E-state index < -0.39 is 10.2 Å². The van der Waals surface area contributed by atoms with Crippen molar-refractivity contribution in [1.29, 1.82) is 0 Å². The van der Waals surface area contributed by atoms with Gasteiger partial charge in [-0.3, -0.25) is 4.90 Å². The number of rotatable bonds is 6. The third-order valence-electron chi connectivity index (χ3n) is 3.47. The van der Waals surface area contributed by atoms with E-state index in [-0.39, 0.29) is 0 Å². The molecule has 1 saturated heterocycles. The molecule has 1 aliphatic rings. The Morgan fingerprint density at radius 2 is 1.71 bits per heavy atom. The van der Waals surface area contributed by atoms with Gasteiger partial charge in [0, 0.05) is 40.3 Å². The van der Waals surface area contributed by atoms with Crippen LogP contribution in [0.5, 0.6) is 0 Å². The molecule has 0 aromatic heterocycles. The van der Waals surface area contributed by atoms with Crippen LogP contribution in [-0.2, 0) is 28.0 Å². The fraction of sp³-hybridized carbons (Fsp3) is 0.571. The normalized spacial score (nSPS) is 17.3. The summed E-state index contributed by atoms with van der Waals surface area (Å²) in [5.41, 5.74) is 2.18. The van der Waals surface area contributed by atoms with Crippen molar-refractivity contribution in [2.75, 3.05) is 40.4 Å². The molecule has 6 nitrogen and oxygen atoms in total. The minimum Gasteiger partial charge on any atom is -0.379 e. The van der Waals surface area contributed by atoms with Crippen molar-refractivity contribution in [2.24, 2.45) is 0 Å². The van der Waals surface area contributed by atoms with Gasteiger partial charge in [0.2, 0.25) is 0 Å². The highest BCUT2D eigenvalue weighted by Gasteiger charge is 2.13. The molecule has 1 N–H and O–H groups in total. The van der Waals surface area contributed by atoms with E-state index in [2.05, 4.69) is 21.8 Å². The van der Waals surface area contributed by atoms with Gasteiger partial charge in [-0.25, -0.2) is 0 Å². The molecule has 0 amide bonds. The van der Waals surface area contributed by atoms with Gasteiger partial charge in [0.1, 0.15) is 0 Å². The van der Waals surface area contributed by atoms with Crippen LogP contribution in [0.15, 0.2) is 24.3 Å². The summed E-state index contributed by atoms with van der Waals surface area (Å²) in [5, 5.41) is 0. The highest BCUT2D eigenvalue weighted by Crippen LogP contribution is 2.09. The summed E-state index contributed by atoms with van der Waals surface area (Å²) in [6.45, 7) is 4.73. The van der Waals surface area contributed by atoms with E-state index in [9.17, 15) is 8.42 Å². The lowest BCUT2D eigenvalue weighted by Crippen LogP contribution is -2.35. The number of nitrogens with zero attached hydrogens (tertiary/aromatic N) is 2. The Hall–Kier alpha value is -0.990. The van der Waals surface area contributed by atoms with Crippen molar-refractivity contribution >= 4 is 10.2 Å². The molecule has 1 aromatic carbocycles. The molecule has 0 radical (unpaired) electrons. The molecule has 0 saturated carbocycles. The molecule has 7 heteroatoms. The van der Waals surface area contributed by atoms with Gasteiger partial charge < -0.3 is 4.74 Å². The van der Waals surface area contributed by atoms with Crippen molar-refractivity contribution in [3.63, 3.8) is 0 Å². The van der Waals surface area contributed by atoms with Crippen molar-refractivity contribution in [3.05, 3.63) is 35.4 Å². The van der Waals surface area contributed by atoms with Crippen LogP contribution in [0.25, 0.3) is 0 Å². The summed E-state index contributed by atoms with van der Waals surface area (Å²) >= 11 is 0. The molecule has 1 aromatic rings. The topological polar surface area (TPSA) is 61.9 Å². The maximum absolute atomic E-state index is 11.6. The highest BCUT2D eigenvalue weighted by atomic mass is 32.2. The van der Waals surface area contributed by atoms with Gasteiger partial charge in [-0.15, -0.1) is 0 Å². The highest BCUT2D eigenvalue weighted by molar-refractivity contribution is 7.87. The number of hydrogen-bond acceptors (Lipinski definition) is 4. The average molecular weight is 313 g/mol. The molecular weight excluding hydrogens is 290 g/mol. The maximum Gasteiger partial charge on any atom is 0.279 e. The van der Waals surface area contributed by atoms with E-state index in [1.54, 1.807) is 0 Å². The first-order valence-corrected chi connectivity index (χ1v) is 8.46. The van der Waals surface area contributed by atoms with Gasteiger partial charge in [-0.05, 0) is 11.1 Å². The molecule has 118 valence electrons. The van der Waals surface area contributed by atoms with Crippen LogP contribution in [-0.4, -0.2) is 58.0 Å². The Labute approximate surface area is 126 Å². The summed E-state index contributed by atoms with van der Waals surface area (Å²) in [6.07, 6.45) is 0. The Kier molecular flexibility index (Phi) is 5.72. The molecule has 21 heavy (non-hydrogen) atoms. The molecule has 0 unspecified atom stereocenters. The second kappa shape index (κ2) is 7.33. The van der Waals surface area contributed by atoms with Crippen LogP contribution >= 0.6 is 0 Å². The molecule has 0 aliphatic carbocycles. The van der Waals surface area contributed by atoms with Crippen LogP contribution in [0, 0.1) is 0 Å². The van der Waals surface area contributed by atoms with Gasteiger partial charge in [-0.1, -0.05) is 24.3 Å². The van der Waals surface area contributed by atoms with Gasteiger partial charge >= 0.3 is 0 Å².